The van der Waals surface area contributed by atoms with Gasteiger partial charge in [0.05, 0.1) is 29.2 Å². The zero-order valence-electron chi connectivity index (χ0n) is 18.9. The van der Waals surface area contributed by atoms with Crippen LogP contribution in [0.2, 0.25) is 0 Å². The van der Waals surface area contributed by atoms with Gasteiger partial charge in [0, 0.05) is 29.9 Å². The molecular formula is C26H22N4O4S. The third-order valence-electron chi connectivity index (χ3n) is 5.84. The molecule has 0 unspecified atom stereocenters. The number of aromatic nitrogens is 2. The third-order valence-corrected chi connectivity index (χ3v) is 7.08. The van der Waals surface area contributed by atoms with Crippen molar-refractivity contribution >= 4 is 23.4 Å². The van der Waals surface area contributed by atoms with Crippen molar-refractivity contribution in [2.45, 2.75) is 11.9 Å². The van der Waals surface area contributed by atoms with E-state index in [2.05, 4.69) is 0 Å². The fourth-order valence-corrected chi connectivity index (χ4v) is 5.34. The number of amides is 1. The van der Waals surface area contributed by atoms with Gasteiger partial charge >= 0.3 is 5.69 Å². The normalized spacial score (nSPS) is 15.4. The Kier molecular flexibility index (Phi) is 6.24. The molecule has 1 fully saturated rings. The summed E-state index contributed by atoms with van der Waals surface area (Å²) in [6.07, 6.45) is 1.91. The highest BCUT2D eigenvalue weighted by Gasteiger charge is 2.36. The van der Waals surface area contributed by atoms with E-state index in [4.69, 9.17) is 9.84 Å². The van der Waals surface area contributed by atoms with E-state index in [1.54, 1.807) is 16.8 Å². The Morgan fingerprint density at radius 1 is 1.09 bits per heavy atom. The monoisotopic (exact) mass is 486 g/mol. The van der Waals surface area contributed by atoms with Gasteiger partial charge in [0.25, 0.3) is 0 Å². The third kappa shape index (κ3) is 4.50. The predicted molar refractivity (Wildman–Crippen MR) is 134 cm³/mol. The Hall–Kier alpha value is -4.11. The molecule has 5 rings (SSSR count). The van der Waals surface area contributed by atoms with Crippen molar-refractivity contribution in [1.29, 1.82) is 0 Å². The first-order chi connectivity index (χ1) is 17.0. The number of rotatable bonds is 7. The van der Waals surface area contributed by atoms with E-state index in [0.29, 0.717) is 23.6 Å². The molecule has 1 aliphatic rings. The van der Waals surface area contributed by atoms with Crippen LogP contribution in [0.5, 0.6) is 5.75 Å². The van der Waals surface area contributed by atoms with E-state index in [1.807, 2.05) is 71.8 Å². The number of benzene rings is 3. The number of hydrogen-bond donors (Lipinski definition) is 0. The van der Waals surface area contributed by atoms with Gasteiger partial charge < -0.3 is 9.64 Å². The standard InChI is InChI=1S/C26H22N4O4S/c1-34-23-13-12-19(14-22(23)30(32)33)25-21(16-29(27-25)20-10-6-3-7-11-20)26-28(24(31)17-35-26)15-18-8-4-2-5-9-18/h2-14,16,26H,15,17H2,1H3/t26-/m0/s1. The number of ether oxygens (including phenoxy) is 1. The van der Waals surface area contributed by atoms with Crippen molar-refractivity contribution < 1.29 is 14.5 Å². The molecule has 176 valence electrons. The number of nitro benzene ring substituents is 1. The number of carbonyl (C=O) groups is 1. The summed E-state index contributed by atoms with van der Waals surface area (Å²) in [6.45, 7) is 0.468. The zero-order chi connectivity index (χ0) is 24.4. The largest absolute Gasteiger partial charge is 0.490 e. The molecule has 1 amide bonds. The molecule has 0 radical (unpaired) electrons. The Morgan fingerprint density at radius 3 is 2.49 bits per heavy atom. The van der Waals surface area contributed by atoms with Crippen LogP contribution in [0.15, 0.2) is 85.1 Å². The molecule has 1 atom stereocenters. The summed E-state index contributed by atoms with van der Waals surface area (Å²) in [5.74, 6) is 0.581. The second-order valence-electron chi connectivity index (χ2n) is 8.03. The van der Waals surface area contributed by atoms with Gasteiger partial charge in [0.2, 0.25) is 5.91 Å². The predicted octanol–water partition coefficient (Wildman–Crippen LogP) is 5.23. The molecule has 0 aliphatic carbocycles. The fraction of sp³-hybridized carbons (Fsp3) is 0.154. The van der Waals surface area contributed by atoms with Crippen LogP contribution in [0, 0.1) is 10.1 Å². The van der Waals surface area contributed by atoms with Crippen molar-refractivity contribution in [3.8, 4) is 22.7 Å². The number of nitrogens with zero attached hydrogens (tertiary/aromatic N) is 4. The lowest BCUT2D eigenvalue weighted by Crippen LogP contribution is -2.27. The van der Waals surface area contributed by atoms with Gasteiger partial charge in [-0.05, 0) is 29.8 Å². The molecule has 1 aromatic heterocycles. The minimum atomic E-state index is -0.467. The van der Waals surface area contributed by atoms with E-state index in [1.165, 1.54) is 24.9 Å². The van der Waals surface area contributed by atoms with Gasteiger partial charge in [-0.15, -0.1) is 11.8 Å². The first kappa shape index (κ1) is 22.7. The summed E-state index contributed by atoms with van der Waals surface area (Å²) in [5, 5.41) is 16.2. The molecule has 0 spiro atoms. The summed E-state index contributed by atoms with van der Waals surface area (Å²) in [4.78, 5) is 25.9. The van der Waals surface area contributed by atoms with Gasteiger partial charge in [-0.2, -0.15) is 5.10 Å². The molecule has 0 N–H and O–H groups in total. The van der Waals surface area contributed by atoms with Crippen molar-refractivity contribution in [2.24, 2.45) is 0 Å². The Bertz CT molecular complexity index is 1370. The van der Waals surface area contributed by atoms with Gasteiger partial charge in [-0.1, -0.05) is 48.5 Å². The summed E-state index contributed by atoms with van der Waals surface area (Å²) in [7, 11) is 1.40. The zero-order valence-corrected chi connectivity index (χ0v) is 19.7. The highest BCUT2D eigenvalue weighted by Crippen LogP contribution is 2.44. The number of hydrogen-bond acceptors (Lipinski definition) is 6. The minimum absolute atomic E-state index is 0.0444. The van der Waals surface area contributed by atoms with Gasteiger partial charge in [0.1, 0.15) is 5.37 Å². The Balaban J connectivity index is 1.62. The molecule has 0 bridgehead atoms. The molecule has 4 aromatic rings. The van der Waals surface area contributed by atoms with Crippen LogP contribution < -0.4 is 4.74 Å². The minimum Gasteiger partial charge on any atom is -0.490 e. The molecule has 1 saturated heterocycles. The Labute approximate surface area is 206 Å². The molecule has 1 aliphatic heterocycles. The number of methoxy groups -OCH3 is 1. The molecule has 0 saturated carbocycles. The first-order valence-electron chi connectivity index (χ1n) is 11.0. The summed E-state index contributed by atoms with van der Waals surface area (Å²) in [5.41, 5.74) is 3.74. The van der Waals surface area contributed by atoms with Crippen LogP contribution in [0.4, 0.5) is 5.69 Å². The smallest absolute Gasteiger partial charge is 0.311 e. The quantitative estimate of drug-likeness (QED) is 0.262. The van der Waals surface area contributed by atoms with Gasteiger partial charge in [-0.25, -0.2) is 4.68 Å². The van der Waals surface area contributed by atoms with Crippen LogP contribution in [0.25, 0.3) is 16.9 Å². The second kappa shape index (κ2) is 9.63. The second-order valence-corrected chi connectivity index (χ2v) is 9.10. The summed E-state index contributed by atoms with van der Waals surface area (Å²) >= 11 is 1.53. The van der Waals surface area contributed by atoms with E-state index in [-0.39, 0.29) is 22.7 Å². The average molecular weight is 487 g/mol. The summed E-state index contributed by atoms with van der Waals surface area (Å²) < 4.78 is 6.93. The average Bonchev–Trinajstić information content (AvgIpc) is 3.48. The van der Waals surface area contributed by atoms with Crippen molar-refractivity contribution in [1.82, 2.24) is 14.7 Å². The van der Waals surface area contributed by atoms with Crippen LogP contribution in [0.3, 0.4) is 0 Å². The van der Waals surface area contributed by atoms with Crippen LogP contribution in [0.1, 0.15) is 16.5 Å². The highest BCUT2D eigenvalue weighted by atomic mass is 32.2. The molecule has 2 heterocycles. The van der Waals surface area contributed by atoms with E-state index in [0.717, 1.165) is 16.8 Å². The van der Waals surface area contributed by atoms with Crippen LogP contribution in [-0.2, 0) is 11.3 Å². The maximum absolute atomic E-state index is 12.9. The van der Waals surface area contributed by atoms with E-state index in [9.17, 15) is 14.9 Å². The number of nitro groups is 1. The van der Waals surface area contributed by atoms with Crippen LogP contribution in [-0.4, -0.2) is 38.4 Å². The fourth-order valence-electron chi connectivity index (χ4n) is 4.15. The van der Waals surface area contributed by atoms with Crippen molar-refractivity contribution in [3.63, 3.8) is 0 Å². The lowest BCUT2D eigenvalue weighted by atomic mass is 10.1. The van der Waals surface area contributed by atoms with Gasteiger partial charge in [-0.3, -0.25) is 14.9 Å². The Morgan fingerprint density at radius 2 is 1.80 bits per heavy atom. The van der Waals surface area contributed by atoms with Crippen molar-refractivity contribution in [2.75, 3.05) is 12.9 Å². The van der Waals surface area contributed by atoms with E-state index < -0.39 is 4.92 Å². The molecule has 8 nitrogen and oxygen atoms in total. The number of para-hydroxylation sites is 1. The molecule has 9 heteroatoms. The van der Waals surface area contributed by atoms with E-state index >= 15 is 0 Å². The first-order valence-corrected chi connectivity index (χ1v) is 12.0. The highest BCUT2D eigenvalue weighted by molar-refractivity contribution is 8.00. The SMILES string of the molecule is COc1ccc(-c2nn(-c3ccccc3)cc2[C@@H]2SCC(=O)N2Cc2ccccc2)cc1[N+](=O)[O-]. The molecule has 35 heavy (non-hydrogen) atoms. The topological polar surface area (TPSA) is 90.5 Å². The molecule has 3 aromatic carbocycles. The number of thioether (sulfide) groups is 1. The maximum atomic E-state index is 12.9. The lowest BCUT2D eigenvalue weighted by molar-refractivity contribution is -0.385. The lowest BCUT2D eigenvalue weighted by Gasteiger charge is -2.24. The van der Waals surface area contributed by atoms with Crippen LogP contribution >= 0.6 is 11.8 Å². The van der Waals surface area contributed by atoms with Crippen molar-refractivity contribution in [3.05, 3.63) is 106 Å². The van der Waals surface area contributed by atoms with Gasteiger partial charge in [0.15, 0.2) is 5.75 Å². The summed E-state index contributed by atoms with van der Waals surface area (Å²) in [6, 6.07) is 24.3. The maximum Gasteiger partial charge on any atom is 0.311 e. The molecular weight excluding hydrogens is 464 g/mol. The number of carbonyl (C=O) groups excluding carboxylic acids is 1.